The molecule has 4 aromatic carbocycles. The number of hydrogen-bond acceptors (Lipinski definition) is 4. The average molecular weight is 410 g/mol. The number of aromatic hydroxyl groups is 1. The Morgan fingerprint density at radius 2 is 1.74 bits per heavy atom. The van der Waals surface area contributed by atoms with Crippen molar-refractivity contribution in [3.05, 3.63) is 96.1 Å². The summed E-state index contributed by atoms with van der Waals surface area (Å²) in [6.07, 6.45) is -0.465. The SMILES string of the molecule is CCOc1cc(C2Nc3ccccc3C(=O)N2c2cccc3ccccc23)ccc1O. The number of benzene rings is 4. The average Bonchev–Trinajstić information content (AvgIpc) is 2.80. The van der Waals surface area contributed by atoms with Gasteiger partial charge in [0, 0.05) is 11.1 Å². The number of fused-ring (bicyclic) bond motifs is 2. The molecule has 1 heterocycles. The summed E-state index contributed by atoms with van der Waals surface area (Å²) in [4.78, 5) is 15.5. The van der Waals surface area contributed by atoms with E-state index in [4.69, 9.17) is 4.74 Å². The van der Waals surface area contributed by atoms with Crippen LogP contribution in [0.2, 0.25) is 0 Å². The lowest BCUT2D eigenvalue weighted by Gasteiger charge is -2.38. The lowest BCUT2D eigenvalue weighted by atomic mass is 10.00. The van der Waals surface area contributed by atoms with Gasteiger partial charge in [0.1, 0.15) is 6.17 Å². The fraction of sp³-hybridized carbons (Fsp3) is 0.115. The van der Waals surface area contributed by atoms with E-state index in [0.29, 0.717) is 17.9 Å². The van der Waals surface area contributed by atoms with Crippen molar-refractivity contribution in [3.63, 3.8) is 0 Å². The minimum atomic E-state index is -0.465. The second kappa shape index (κ2) is 7.69. The van der Waals surface area contributed by atoms with Crippen molar-refractivity contribution >= 4 is 28.1 Å². The maximum absolute atomic E-state index is 13.7. The molecule has 0 radical (unpaired) electrons. The van der Waals surface area contributed by atoms with Crippen LogP contribution in [-0.4, -0.2) is 17.6 Å². The molecule has 0 aromatic heterocycles. The summed E-state index contributed by atoms with van der Waals surface area (Å²) in [6, 6.07) is 26.7. The maximum atomic E-state index is 13.7. The van der Waals surface area contributed by atoms with Crippen LogP contribution < -0.4 is 15.0 Å². The highest BCUT2D eigenvalue weighted by Crippen LogP contribution is 2.41. The molecule has 5 nitrogen and oxygen atoms in total. The van der Waals surface area contributed by atoms with E-state index in [-0.39, 0.29) is 11.7 Å². The van der Waals surface area contributed by atoms with Gasteiger partial charge in [0.05, 0.1) is 17.9 Å². The minimum absolute atomic E-state index is 0.0739. The van der Waals surface area contributed by atoms with Crippen LogP contribution in [0, 0.1) is 0 Å². The lowest BCUT2D eigenvalue weighted by molar-refractivity contribution is 0.0975. The molecule has 0 aliphatic carbocycles. The molecule has 5 heteroatoms. The molecule has 1 aliphatic heterocycles. The predicted molar refractivity (Wildman–Crippen MR) is 123 cm³/mol. The van der Waals surface area contributed by atoms with E-state index in [9.17, 15) is 9.90 Å². The molecule has 0 saturated heterocycles. The number of rotatable bonds is 4. The number of ether oxygens (including phenoxy) is 1. The van der Waals surface area contributed by atoms with Crippen LogP contribution in [0.5, 0.6) is 11.5 Å². The summed E-state index contributed by atoms with van der Waals surface area (Å²) < 4.78 is 5.59. The number of anilines is 2. The molecule has 0 fully saturated rings. The minimum Gasteiger partial charge on any atom is -0.504 e. The van der Waals surface area contributed by atoms with E-state index >= 15 is 0 Å². The number of carbonyl (C=O) groups is 1. The number of nitrogens with one attached hydrogen (secondary N) is 1. The maximum Gasteiger partial charge on any atom is 0.262 e. The van der Waals surface area contributed by atoms with Crippen LogP contribution in [0.15, 0.2) is 84.9 Å². The van der Waals surface area contributed by atoms with Gasteiger partial charge in [-0.1, -0.05) is 54.6 Å². The fourth-order valence-corrected chi connectivity index (χ4v) is 4.13. The number of hydrogen-bond donors (Lipinski definition) is 2. The summed E-state index contributed by atoms with van der Waals surface area (Å²) in [5.74, 6) is 0.387. The van der Waals surface area contributed by atoms with Crippen LogP contribution in [0.1, 0.15) is 29.0 Å². The van der Waals surface area contributed by atoms with Crippen LogP contribution in [-0.2, 0) is 0 Å². The zero-order chi connectivity index (χ0) is 21.4. The highest BCUT2D eigenvalue weighted by Gasteiger charge is 2.35. The molecule has 5 rings (SSSR count). The Labute approximate surface area is 180 Å². The highest BCUT2D eigenvalue weighted by atomic mass is 16.5. The predicted octanol–water partition coefficient (Wildman–Crippen LogP) is 5.72. The Bertz CT molecular complexity index is 1280. The molecule has 1 aliphatic rings. The molecule has 1 amide bonds. The smallest absolute Gasteiger partial charge is 0.262 e. The van der Waals surface area contributed by atoms with Crippen LogP contribution in [0.4, 0.5) is 11.4 Å². The zero-order valence-corrected chi connectivity index (χ0v) is 17.1. The molecule has 1 atom stereocenters. The molecule has 1 unspecified atom stereocenters. The van der Waals surface area contributed by atoms with Crippen molar-refractivity contribution < 1.29 is 14.6 Å². The van der Waals surface area contributed by atoms with E-state index < -0.39 is 6.17 Å². The van der Waals surface area contributed by atoms with Crippen molar-refractivity contribution in [1.82, 2.24) is 0 Å². The molecular formula is C26H22N2O3. The van der Waals surface area contributed by atoms with Crippen LogP contribution in [0.3, 0.4) is 0 Å². The summed E-state index contributed by atoms with van der Waals surface area (Å²) in [7, 11) is 0. The van der Waals surface area contributed by atoms with Crippen LogP contribution in [0.25, 0.3) is 10.8 Å². The summed E-state index contributed by atoms with van der Waals surface area (Å²) in [5, 5.41) is 15.7. The van der Waals surface area contributed by atoms with E-state index in [1.165, 1.54) is 0 Å². The molecule has 0 spiro atoms. The molecule has 0 bridgehead atoms. The van der Waals surface area contributed by atoms with E-state index in [1.54, 1.807) is 17.0 Å². The first-order valence-corrected chi connectivity index (χ1v) is 10.3. The van der Waals surface area contributed by atoms with E-state index in [0.717, 1.165) is 27.7 Å². The van der Waals surface area contributed by atoms with Crippen LogP contribution >= 0.6 is 0 Å². The first kappa shape index (κ1) is 19.0. The normalized spacial score (nSPS) is 15.5. The van der Waals surface area contributed by atoms with Crippen molar-refractivity contribution in [1.29, 1.82) is 0 Å². The monoisotopic (exact) mass is 410 g/mol. The Balaban J connectivity index is 1.71. The molecule has 0 saturated carbocycles. The third kappa shape index (κ3) is 3.24. The summed E-state index contributed by atoms with van der Waals surface area (Å²) in [5.41, 5.74) is 3.04. The number of phenolic OH excluding ortho intramolecular Hbond substituents is 1. The van der Waals surface area contributed by atoms with Gasteiger partial charge >= 0.3 is 0 Å². The Morgan fingerprint density at radius 3 is 2.61 bits per heavy atom. The number of amides is 1. The zero-order valence-electron chi connectivity index (χ0n) is 17.1. The van der Waals surface area contributed by atoms with Gasteiger partial charge < -0.3 is 15.2 Å². The van der Waals surface area contributed by atoms with Gasteiger partial charge in [0.25, 0.3) is 5.91 Å². The summed E-state index contributed by atoms with van der Waals surface area (Å²) in [6.45, 7) is 2.30. The first-order valence-electron chi connectivity index (χ1n) is 10.3. The van der Waals surface area contributed by atoms with Crippen molar-refractivity contribution in [2.24, 2.45) is 0 Å². The van der Waals surface area contributed by atoms with Gasteiger partial charge in [-0.2, -0.15) is 0 Å². The van der Waals surface area contributed by atoms with Crippen molar-refractivity contribution in [2.45, 2.75) is 13.1 Å². The largest absolute Gasteiger partial charge is 0.504 e. The van der Waals surface area contributed by atoms with Gasteiger partial charge in [-0.15, -0.1) is 0 Å². The quantitative estimate of drug-likeness (QED) is 0.452. The van der Waals surface area contributed by atoms with Gasteiger partial charge in [-0.3, -0.25) is 9.69 Å². The van der Waals surface area contributed by atoms with Gasteiger partial charge in [0.2, 0.25) is 0 Å². The number of nitrogens with zero attached hydrogens (tertiary/aromatic N) is 1. The second-order valence-electron chi connectivity index (χ2n) is 7.43. The van der Waals surface area contributed by atoms with Gasteiger partial charge in [-0.05, 0) is 48.2 Å². The molecule has 2 N–H and O–H groups in total. The van der Waals surface area contributed by atoms with E-state index in [1.807, 2.05) is 79.7 Å². The lowest BCUT2D eigenvalue weighted by Crippen LogP contribution is -2.43. The van der Waals surface area contributed by atoms with Gasteiger partial charge in [-0.25, -0.2) is 0 Å². The Morgan fingerprint density at radius 1 is 0.968 bits per heavy atom. The number of carbonyl (C=O) groups excluding carboxylic acids is 1. The molecule has 4 aromatic rings. The Hall–Kier alpha value is -3.99. The number of phenols is 1. The number of para-hydroxylation sites is 1. The second-order valence-corrected chi connectivity index (χ2v) is 7.43. The third-order valence-corrected chi connectivity index (χ3v) is 5.55. The molecule has 154 valence electrons. The van der Waals surface area contributed by atoms with Crippen molar-refractivity contribution in [2.75, 3.05) is 16.8 Å². The standard InChI is InChI=1S/C26H22N2O3/c1-2-31-24-16-18(14-15-23(24)29)25-27-21-12-6-5-11-20(21)26(30)28(25)22-13-7-9-17-8-3-4-10-19(17)22/h3-16,25,27,29H,2H2,1H3. The Kier molecular flexibility index (Phi) is 4.71. The first-order chi connectivity index (χ1) is 15.2. The topological polar surface area (TPSA) is 61.8 Å². The third-order valence-electron chi connectivity index (χ3n) is 5.55. The highest BCUT2D eigenvalue weighted by molar-refractivity contribution is 6.15. The summed E-state index contributed by atoms with van der Waals surface area (Å²) >= 11 is 0. The van der Waals surface area contributed by atoms with Crippen molar-refractivity contribution in [3.8, 4) is 11.5 Å². The fourth-order valence-electron chi connectivity index (χ4n) is 4.13. The molecule has 31 heavy (non-hydrogen) atoms. The van der Waals surface area contributed by atoms with E-state index in [2.05, 4.69) is 5.32 Å². The molecular weight excluding hydrogens is 388 g/mol. The van der Waals surface area contributed by atoms with Gasteiger partial charge in [0.15, 0.2) is 11.5 Å².